The third-order valence-corrected chi connectivity index (χ3v) is 8.06. The molecule has 0 radical (unpaired) electrons. The maximum atomic E-state index is 13.0. The molecule has 3 aromatic carbocycles. The van der Waals surface area contributed by atoms with Gasteiger partial charge in [0.25, 0.3) is 11.8 Å². The minimum atomic E-state index is -0.460. The van der Waals surface area contributed by atoms with E-state index >= 15 is 0 Å². The molecule has 6 rings (SSSR count). The van der Waals surface area contributed by atoms with E-state index in [9.17, 15) is 14.7 Å². The van der Waals surface area contributed by atoms with E-state index in [2.05, 4.69) is 29.4 Å². The molecule has 2 unspecified atom stereocenters. The first-order valence-electron chi connectivity index (χ1n) is 13.3. The zero-order valence-corrected chi connectivity index (χ0v) is 22.9. The van der Waals surface area contributed by atoms with E-state index in [1.54, 1.807) is 18.2 Å². The molecule has 0 bridgehead atoms. The van der Waals surface area contributed by atoms with Gasteiger partial charge >= 0.3 is 0 Å². The van der Waals surface area contributed by atoms with Crippen molar-refractivity contribution in [3.8, 4) is 22.6 Å². The molecule has 0 aliphatic carbocycles. The summed E-state index contributed by atoms with van der Waals surface area (Å²) in [5.74, 6) is -0.536. The maximum absolute atomic E-state index is 13.0. The standard InChI is InChI=1S/C30H31ClN4O4/c1-16-14-35(15-17(2)32-16)9-6-10-39-25-13-22-20(12-24(25)36)26-23(34(22)3)11-19(18-7-4-5-8-21(18)31)27-28(26)30(38)33-29(27)37/h4-5,7-8,11-13,16-17,32,36H,6,9-10,14-15H2,1-3H3,(H,33,37,38). The van der Waals surface area contributed by atoms with Crippen LogP contribution >= 0.6 is 11.6 Å². The lowest BCUT2D eigenvalue weighted by molar-refractivity contribution is 0.0880. The Balaban J connectivity index is 1.37. The van der Waals surface area contributed by atoms with Crippen molar-refractivity contribution >= 4 is 45.2 Å². The number of imide groups is 1. The quantitative estimate of drug-likeness (QED) is 0.240. The molecule has 2 aliphatic rings. The average molecular weight is 547 g/mol. The van der Waals surface area contributed by atoms with Crippen LogP contribution in [-0.2, 0) is 7.05 Å². The molecule has 8 nitrogen and oxygen atoms in total. The van der Waals surface area contributed by atoms with Crippen molar-refractivity contribution in [3.63, 3.8) is 0 Å². The Labute approximate surface area is 231 Å². The van der Waals surface area contributed by atoms with Gasteiger partial charge in [-0.3, -0.25) is 14.9 Å². The van der Waals surface area contributed by atoms with Crippen molar-refractivity contribution in [2.45, 2.75) is 32.4 Å². The summed E-state index contributed by atoms with van der Waals surface area (Å²) in [5, 5.41) is 18.7. The summed E-state index contributed by atoms with van der Waals surface area (Å²) in [7, 11) is 1.90. The number of fused-ring (bicyclic) bond motifs is 5. The van der Waals surface area contributed by atoms with Gasteiger partial charge in [0.2, 0.25) is 0 Å². The molecule has 0 spiro atoms. The first-order chi connectivity index (χ1) is 18.7. The summed E-state index contributed by atoms with van der Waals surface area (Å²) < 4.78 is 7.98. The molecule has 202 valence electrons. The number of phenols is 1. The minimum absolute atomic E-state index is 0.00641. The number of carbonyl (C=O) groups excluding carboxylic acids is 2. The normalized spacial score (nSPS) is 19.6. The van der Waals surface area contributed by atoms with Crippen LogP contribution in [0.15, 0.2) is 42.5 Å². The Bertz CT molecular complexity index is 1640. The van der Waals surface area contributed by atoms with E-state index < -0.39 is 11.8 Å². The highest BCUT2D eigenvalue weighted by Crippen LogP contribution is 2.44. The number of nitrogens with one attached hydrogen (secondary N) is 2. The van der Waals surface area contributed by atoms with E-state index in [0.717, 1.165) is 37.1 Å². The van der Waals surface area contributed by atoms with Gasteiger partial charge in [-0.1, -0.05) is 29.8 Å². The Kier molecular flexibility index (Phi) is 6.49. The van der Waals surface area contributed by atoms with Crippen LogP contribution < -0.4 is 15.4 Å². The van der Waals surface area contributed by atoms with Gasteiger partial charge in [0, 0.05) is 66.2 Å². The van der Waals surface area contributed by atoms with Crippen LogP contribution in [0.3, 0.4) is 0 Å². The van der Waals surface area contributed by atoms with Crippen LogP contribution in [0.25, 0.3) is 32.9 Å². The number of benzene rings is 3. The van der Waals surface area contributed by atoms with E-state index in [0.29, 0.717) is 62.5 Å². The Hall–Kier alpha value is -3.59. The fourth-order valence-electron chi connectivity index (χ4n) is 6.16. The number of ether oxygens (including phenoxy) is 1. The molecule has 2 atom stereocenters. The second-order valence-electron chi connectivity index (χ2n) is 10.7. The number of phenolic OH excluding ortho intramolecular Hbond substituents is 1. The molecular weight excluding hydrogens is 516 g/mol. The lowest BCUT2D eigenvalue weighted by Crippen LogP contribution is -2.54. The van der Waals surface area contributed by atoms with Crippen LogP contribution in [-0.4, -0.2) is 64.7 Å². The predicted molar refractivity (Wildman–Crippen MR) is 153 cm³/mol. The number of carbonyl (C=O) groups is 2. The number of nitrogens with zero attached hydrogens (tertiary/aromatic N) is 2. The number of aromatic hydroxyl groups is 1. The van der Waals surface area contributed by atoms with Gasteiger partial charge in [0.1, 0.15) is 0 Å². The summed E-state index contributed by atoms with van der Waals surface area (Å²) >= 11 is 6.50. The van der Waals surface area contributed by atoms with Crippen molar-refractivity contribution < 1.29 is 19.4 Å². The van der Waals surface area contributed by atoms with Gasteiger partial charge in [-0.2, -0.15) is 0 Å². The number of rotatable bonds is 6. The highest BCUT2D eigenvalue weighted by atomic mass is 35.5. The van der Waals surface area contributed by atoms with Crippen LogP contribution in [0.5, 0.6) is 11.5 Å². The largest absolute Gasteiger partial charge is 0.504 e. The van der Waals surface area contributed by atoms with E-state index in [-0.39, 0.29) is 5.75 Å². The van der Waals surface area contributed by atoms with Gasteiger partial charge in [-0.25, -0.2) is 0 Å². The number of hydrogen-bond donors (Lipinski definition) is 3. The molecule has 3 N–H and O–H groups in total. The topological polar surface area (TPSA) is 95.8 Å². The fourth-order valence-corrected chi connectivity index (χ4v) is 6.40. The molecule has 0 saturated carbocycles. The van der Waals surface area contributed by atoms with Gasteiger partial charge in [-0.05, 0) is 44.0 Å². The van der Waals surface area contributed by atoms with Crippen LogP contribution in [0.2, 0.25) is 5.02 Å². The summed E-state index contributed by atoms with van der Waals surface area (Å²) in [6.45, 7) is 7.81. The summed E-state index contributed by atoms with van der Waals surface area (Å²) in [4.78, 5) is 28.4. The smallest absolute Gasteiger partial charge is 0.259 e. The first-order valence-corrected chi connectivity index (χ1v) is 13.6. The van der Waals surface area contributed by atoms with Crippen LogP contribution in [0.4, 0.5) is 0 Å². The predicted octanol–water partition coefficient (Wildman–Crippen LogP) is 4.69. The summed E-state index contributed by atoms with van der Waals surface area (Å²) in [6.07, 6.45) is 0.836. The fraction of sp³-hybridized carbons (Fsp3) is 0.333. The Morgan fingerprint density at radius 3 is 2.46 bits per heavy atom. The highest BCUT2D eigenvalue weighted by molar-refractivity contribution is 6.36. The van der Waals surface area contributed by atoms with Crippen LogP contribution in [0, 0.1) is 0 Å². The Morgan fingerprint density at radius 2 is 1.72 bits per heavy atom. The Morgan fingerprint density at radius 1 is 1.00 bits per heavy atom. The number of aryl methyl sites for hydroxylation is 1. The minimum Gasteiger partial charge on any atom is -0.504 e. The molecule has 1 fully saturated rings. The number of hydrogen-bond acceptors (Lipinski definition) is 6. The lowest BCUT2D eigenvalue weighted by Gasteiger charge is -2.36. The molecule has 2 aliphatic heterocycles. The molecular formula is C30H31ClN4O4. The molecule has 39 heavy (non-hydrogen) atoms. The number of aromatic nitrogens is 1. The zero-order chi connectivity index (χ0) is 27.4. The van der Waals surface area contributed by atoms with Gasteiger partial charge in [0.05, 0.1) is 28.8 Å². The maximum Gasteiger partial charge on any atom is 0.259 e. The van der Waals surface area contributed by atoms with Crippen molar-refractivity contribution in [1.82, 2.24) is 20.1 Å². The van der Waals surface area contributed by atoms with Gasteiger partial charge in [-0.15, -0.1) is 0 Å². The molecule has 1 saturated heterocycles. The van der Waals surface area contributed by atoms with Crippen molar-refractivity contribution in [1.29, 1.82) is 0 Å². The summed E-state index contributed by atoms with van der Waals surface area (Å²) in [6, 6.07) is 13.5. The monoisotopic (exact) mass is 546 g/mol. The van der Waals surface area contributed by atoms with E-state index in [1.165, 1.54) is 0 Å². The number of amides is 2. The zero-order valence-electron chi connectivity index (χ0n) is 22.2. The van der Waals surface area contributed by atoms with Gasteiger partial charge in [0.15, 0.2) is 11.5 Å². The SMILES string of the molecule is CC1CN(CCCOc2cc3c(cc2O)c2c4c(c(-c5ccccc5Cl)cc2n3C)C(=O)NC4=O)CC(C)N1. The van der Waals surface area contributed by atoms with E-state index in [1.807, 2.05) is 35.9 Å². The molecule has 9 heteroatoms. The lowest BCUT2D eigenvalue weighted by atomic mass is 9.93. The second kappa shape index (κ2) is 9.86. The number of piperazine rings is 1. The third-order valence-electron chi connectivity index (χ3n) is 7.73. The molecule has 4 aromatic rings. The molecule has 3 heterocycles. The third kappa shape index (κ3) is 4.42. The second-order valence-corrected chi connectivity index (χ2v) is 11.1. The number of halogens is 1. The van der Waals surface area contributed by atoms with Crippen LogP contribution in [0.1, 0.15) is 41.0 Å². The van der Waals surface area contributed by atoms with Crippen molar-refractivity contribution in [2.24, 2.45) is 7.05 Å². The van der Waals surface area contributed by atoms with Crippen molar-refractivity contribution in [2.75, 3.05) is 26.2 Å². The van der Waals surface area contributed by atoms with E-state index in [4.69, 9.17) is 16.3 Å². The highest BCUT2D eigenvalue weighted by Gasteiger charge is 2.35. The molecule has 1 aromatic heterocycles. The molecule has 2 amide bonds. The summed E-state index contributed by atoms with van der Waals surface area (Å²) in [5.41, 5.74) is 3.40. The van der Waals surface area contributed by atoms with Crippen molar-refractivity contribution in [3.05, 3.63) is 58.6 Å². The van der Waals surface area contributed by atoms with Gasteiger partial charge < -0.3 is 24.6 Å². The average Bonchev–Trinajstić information content (AvgIpc) is 3.33. The first kappa shape index (κ1) is 25.7.